The summed E-state index contributed by atoms with van der Waals surface area (Å²) in [5.41, 5.74) is 5.34. The molecule has 1 aromatic heterocycles. The fourth-order valence-electron chi connectivity index (χ4n) is 3.37. The van der Waals surface area contributed by atoms with Crippen molar-refractivity contribution in [1.82, 2.24) is 5.16 Å². The highest BCUT2D eigenvalue weighted by Crippen LogP contribution is 2.30. The molecule has 6 nitrogen and oxygen atoms in total. The SMILES string of the molecule is CCc1cccc(CC)c1NC(=O)c1ccc(OCc2c(C)noc2C)c(OC)c1. The molecule has 0 aliphatic carbocycles. The van der Waals surface area contributed by atoms with Gasteiger partial charge in [-0.15, -0.1) is 0 Å². The van der Waals surface area contributed by atoms with Crippen molar-refractivity contribution in [3.63, 3.8) is 0 Å². The van der Waals surface area contributed by atoms with Crippen molar-refractivity contribution < 1.29 is 18.8 Å². The van der Waals surface area contributed by atoms with E-state index in [0.29, 0.717) is 23.7 Å². The predicted octanol–water partition coefficient (Wildman–Crippen LogP) is 5.26. The van der Waals surface area contributed by atoms with Crippen LogP contribution in [0.4, 0.5) is 5.69 Å². The van der Waals surface area contributed by atoms with Crippen molar-refractivity contribution in [2.45, 2.75) is 47.1 Å². The second-order valence-electron chi connectivity index (χ2n) is 7.07. The molecule has 0 spiro atoms. The minimum atomic E-state index is -0.179. The molecule has 1 N–H and O–H groups in total. The number of carbonyl (C=O) groups excluding carboxylic acids is 1. The first-order chi connectivity index (χ1) is 14.5. The van der Waals surface area contributed by atoms with Crippen molar-refractivity contribution in [3.8, 4) is 11.5 Å². The number of nitrogens with one attached hydrogen (secondary N) is 1. The Bertz CT molecular complexity index is 998. The highest BCUT2D eigenvalue weighted by atomic mass is 16.5. The van der Waals surface area contributed by atoms with E-state index in [0.717, 1.165) is 46.7 Å². The number of benzene rings is 2. The molecule has 2 aromatic carbocycles. The Morgan fingerprint density at radius 2 is 1.77 bits per heavy atom. The van der Waals surface area contributed by atoms with Crippen LogP contribution in [0.1, 0.15) is 52.3 Å². The quantitative estimate of drug-likeness (QED) is 0.551. The summed E-state index contributed by atoms with van der Waals surface area (Å²) in [5, 5.41) is 7.02. The fraction of sp³-hybridized carbons (Fsp3) is 0.333. The number of amides is 1. The van der Waals surface area contributed by atoms with Crippen LogP contribution in [0.5, 0.6) is 11.5 Å². The smallest absolute Gasteiger partial charge is 0.255 e. The number of rotatable bonds is 8. The number of para-hydroxylation sites is 1. The van der Waals surface area contributed by atoms with Gasteiger partial charge in [-0.25, -0.2) is 0 Å². The number of aromatic nitrogens is 1. The molecule has 0 saturated heterocycles. The van der Waals surface area contributed by atoms with Crippen LogP contribution in [0.25, 0.3) is 0 Å². The van der Waals surface area contributed by atoms with Crippen LogP contribution in [-0.2, 0) is 19.4 Å². The van der Waals surface area contributed by atoms with Crippen LogP contribution in [0.15, 0.2) is 40.9 Å². The largest absolute Gasteiger partial charge is 0.493 e. The molecular weight excluding hydrogens is 380 g/mol. The van der Waals surface area contributed by atoms with E-state index in [1.54, 1.807) is 25.3 Å². The molecule has 0 bridgehead atoms. The first-order valence-electron chi connectivity index (χ1n) is 10.1. The molecule has 0 aliphatic rings. The van der Waals surface area contributed by atoms with Gasteiger partial charge in [0.2, 0.25) is 0 Å². The van der Waals surface area contributed by atoms with E-state index in [9.17, 15) is 4.79 Å². The first-order valence-corrected chi connectivity index (χ1v) is 10.1. The second kappa shape index (κ2) is 9.48. The number of methoxy groups -OCH3 is 1. The summed E-state index contributed by atoms with van der Waals surface area (Å²) in [4.78, 5) is 12.9. The molecule has 0 aliphatic heterocycles. The molecule has 1 heterocycles. The van der Waals surface area contributed by atoms with Gasteiger partial charge < -0.3 is 19.3 Å². The lowest BCUT2D eigenvalue weighted by atomic mass is 10.0. The van der Waals surface area contributed by atoms with Crippen LogP contribution in [0.3, 0.4) is 0 Å². The molecule has 0 atom stereocenters. The monoisotopic (exact) mass is 408 g/mol. The Kier molecular flexibility index (Phi) is 6.77. The van der Waals surface area contributed by atoms with Crippen molar-refractivity contribution in [3.05, 3.63) is 70.1 Å². The van der Waals surface area contributed by atoms with E-state index in [-0.39, 0.29) is 5.91 Å². The van der Waals surface area contributed by atoms with Gasteiger partial charge in [-0.05, 0) is 56.0 Å². The van der Waals surface area contributed by atoms with E-state index in [1.165, 1.54) is 0 Å². The Balaban J connectivity index is 1.80. The van der Waals surface area contributed by atoms with E-state index in [2.05, 4.69) is 24.3 Å². The molecule has 0 radical (unpaired) electrons. The maximum atomic E-state index is 12.9. The number of carbonyl (C=O) groups is 1. The molecule has 158 valence electrons. The lowest BCUT2D eigenvalue weighted by Crippen LogP contribution is -2.15. The lowest BCUT2D eigenvalue weighted by molar-refractivity contribution is 0.102. The highest BCUT2D eigenvalue weighted by molar-refractivity contribution is 6.05. The molecule has 0 fully saturated rings. The summed E-state index contributed by atoms with van der Waals surface area (Å²) < 4.78 is 16.5. The summed E-state index contributed by atoms with van der Waals surface area (Å²) in [5.74, 6) is 1.59. The van der Waals surface area contributed by atoms with Crippen LogP contribution < -0.4 is 14.8 Å². The van der Waals surface area contributed by atoms with Gasteiger partial charge in [-0.3, -0.25) is 4.79 Å². The third-order valence-electron chi connectivity index (χ3n) is 5.22. The number of ether oxygens (including phenoxy) is 2. The van der Waals surface area contributed by atoms with Crippen molar-refractivity contribution in [1.29, 1.82) is 0 Å². The Morgan fingerprint density at radius 1 is 1.07 bits per heavy atom. The average Bonchev–Trinajstić information content (AvgIpc) is 3.09. The Labute approximate surface area is 177 Å². The molecule has 3 aromatic rings. The maximum Gasteiger partial charge on any atom is 0.255 e. The molecule has 0 saturated carbocycles. The average molecular weight is 408 g/mol. The van der Waals surface area contributed by atoms with Crippen molar-refractivity contribution in [2.24, 2.45) is 0 Å². The van der Waals surface area contributed by atoms with Crippen molar-refractivity contribution in [2.75, 3.05) is 12.4 Å². The molecule has 1 amide bonds. The minimum Gasteiger partial charge on any atom is -0.493 e. The summed E-state index contributed by atoms with van der Waals surface area (Å²) in [7, 11) is 1.56. The van der Waals surface area contributed by atoms with E-state index >= 15 is 0 Å². The number of hydrogen-bond acceptors (Lipinski definition) is 5. The lowest BCUT2D eigenvalue weighted by Gasteiger charge is -2.16. The van der Waals surface area contributed by atoms with Crippen LogP contribution in [0, 0.1) is 13.8 Å². The van der Waals surface area contributed by atoms with Crippen LogP contribution >= 0.6 is 0 Å². The van der Waals surface area contributed by atoms with Gasteiger partial charge in [-0.2, -0.15) is 0 Å². The normalized spacial score (nSPS) is 10.7. The number of hydrogen-bond donors (Lipinski definition) is 1. The number of anilines is 1. The van der Waals surface area contributed by atoms with Gasteiger partial charge in [0, 0.05) is 11.3 Å². The molecule has 3 rings (SSSR count). The van der Waals surface area contributed by atoms with Gasteiger partial charge in [0.05, 0.1) is 18.4 Å². The van der Waals surface area contributed by atoms with Gasteiger partial charge in [0.15, 0.2) is 11.5 Å². The Morgan fingerprint density at radius 3 is 2.33 bits per heavy atom. The van der Waals surface area contributed by atoms with E-state index in [4.69, 9.17) is 14.0 Å². The zero-order valence-electron chi connectivity index (χ0n) is 18.2. The molecule has 30 heavy (non-hydrogen) atoms. The van der Waals surface area contributed by atoms with E-state index < -0.39 is 0 Å². The number of nitrogens with zero attached hydrogens (tertiary/aromatic N) is 1. The van der Waals surface area contributed by atoms with Crippen LogP contribution in [-0.4, -0.2) is 18.2 Å². The summed E-state index contributed by atoms with van der Waals surface area (Å²) in [6.07, 6.45) is 1.70. The minimum absolute atomic E-state index is 0.179. The van der Waals surface area contributed by atoms with Crippen LogP contribution in [0.2, 0.25) is 0 Å². The summed E-state index contributed by atoms with van der Waals surface area (Å²) in [6, 6.07) is 11.3. The topological polar surface area (TPSA) is 73.6 Å². The third kappa shape index (κ3) is 4.48. The third-order valence-corrected chi connectivity index (χ3v) is 5.22. The number of aryl methyl sites for hydroxylation is 4. The van der Waals surface area contributed by atoms with Crippen molar-refractivity contribution >= 4 is 11.6 Å². The zero-order chi connectivity index (χ0) is 21.7. The molecule has 6 heteroatoms. The summed E-state index contributed by atoms with van der Waals surface area (Å²) in [6.45, 7) is 8.20. The summed E-state index contributed by atoms with van der Waals surface area (Å²) >= 11 is 0. The Hall–Kier alpha value is -3.28. The highest BCUT2D eigenvalue weighted by Gasteiger charge is 2.16. The fourth-order valence-corrected chi connectivity index (χ4v) is 3.37. The van der Waals surface area contributed by atoms with E-state index in [1.807, 2.05) is 32.0 Å². The van der Waals surface area contributed by atoms with Gasteiger partial charge >= 0.3 is 0 Å². The second-order valence-corrected chi connectivity index (χ2v) is 7.07. The molecule has 0 unspecified atom stereocenters. The maximum absolute atomic E-state index is 12.9. The molecular formula is C24H28N2O4. The standard InChI is InChI=1S/C24H28N2O4/c1-6-17-9-8-10-18(7-2)23(17)25-24(27)19-11-12-21(22(13-19)28-5)29-14-20-15(3)26-30-16(20)4/h8-13H,6-7,14H2,1-5H3,(H,25,27). The van der Waals surface area contributed by atoms with Gasteiger partial charge in [-0.1, -0.05) is 37.2 Å². The van der Waals surface area contributed by atoms with Gasteiger partial charge in [0.25, 0.3) is 5.91 Å². The predicted molar refractivity (Wildman–Crippen MR) is 116 cm³/mol. The van der Waals surface area contributed by atoms with Gasteiger partial charge in [0.1, 0.15) is 12.4 Å². The zero-order valence-corrected chi connectivity index (χ0v) is 18.2. The first kappa shape index (κ1) is 21.4.